The normalized spacial score (nSPS) is 12.2. The van der Waals surface area contributed by atoms with Crippen LogP contribution in [0.2, 0.25) is 0 Å². The van der Waals surface area contributed by atoms with Crippen LogP contribution < -0.4 is 10.6 Å². The highest BCUT2D eigenvalue weighted by Gasteiger charge is 2.24. The predicted molar refractivity (Wildman–Crippen MR) is 78.8 cm³/mol. The van der Waals surface area contributed by atoms with Gasteiger partial charge < -0.3 is 15.7 Å². The van der Waals surface area contributed by atoms with Crippen LogP contribution in [-0.4, -0.2) is 29.7 Å². The van der Waals surface area contributed by atoms with Crippen LogP contribution in [0.4, 0.5) is 4.79 Å². The summed E-state index contributed by atoms with van der Waals surface area (Å²) in [6.07, 6.45) is 5.02. The molecule has 20 heavy (non-hydrogen) atoms. The van der Waals surface area contributed by atoms with Crippen LogP contribution in [0, 0.1) is 12.3 Å². The number of rotatable bonds is 6. The van der Waals surface area contributed by atoms with E-state index < -0.39 is 18.0 Å². The Hall–Kier alpha value is -2.00. The summed E-state index contributed by atoms with van der Waals surface area (Å²) in [5.74, 6) is 1.08. The van der Waals surface area contributed by atoms with Crippen molar-refractivity contribution in [2.45, 2.75) is 31.7 Å². The summed E-state index contributed by atoms with van der Waals surface area (Å²) in [5, 5.41) is 15.9. The minimum atomic E-state index is -1.14. The summed E-state index contributed by atoms with van der Waals surface area (Å²) in [5.41, 5.74) is -0.212. The maximum Gasteiger partial charge on any atom is 0.327 e. The van der Waals surface area contributed by atoms with Crippen molar-refractivity contribution in [2.75, 3.05) is 6.54 Å². The molecule has 1 atom stereocenters. The average Bonchev–Trinajstić information content (AvgIpc) is 2.90. The molecule has 0 aromatic carbocycles. The van der Waals surface area contributed by atoms with E-state index in [0.29, 0.717) is 6.54 Å². The van der Waals surface area contributed by atoms with Crippen LogP contribution in [0.25, 0.3) is 0 Å². The van der Waals surface area contributed by atoms with Crippen molar-refractivity contribution in [1.82, 2.24) is 10.6 Å². The van der Waals surface area contributed by atoms with Gasteiger partial charge in [0.25, 0.3) is 0 Å². The fourth-order valence-corrected chi connectivity index (χ4v) is 2.43. The minimum Gasteiger partial charge on any atom is -0.480 e. The largest absolute Gasteiger partial charge is 0.480 e. The molecule has 0 aliphatic carbocycles. The van der Waals surface area contributed by atoms with Crippen molar-refractivity contribution in [2.24, 2.45) is 0 Å². The number of hydrogen-bond donors (Lipinski definition) is 3. The number of carbonyl (C=O) groups is 2. The Labute approximate surface area is 122 Å². The monoisotopic (exact) mass is 294 g/mol. The second-order valence-corrected chi connectivity index (χ2v) is 5.93. The van der Waals surface area contributed by atoms with E-state index in [4.69, 9.17) is 11.5 Å². The molecule has 6 heteroatoms. The Morgan fingerprint density at radius 3 is 2.75 bits per heavy atom. The molecule has 0 bridgehead atoms. The molecule has 1 aromatic heterocycles. The molecule has 5 nitrogen and oxygen atoms in total. The first-order valence-corrected chi connectivity index (χ1v) is 6.99. The van der Waals surface area contributed by atoms with E-state index >= 15 is 0 Å². The maximum absolute atomic E-state index is 11.7. The molecule has 1 unspecified atom stereocenters. The van der Waals surface area contributed by atoms with Crippen LogP contribution in [-0.2, 0) is 10.2 Å². The van der Waals surface area contributed by atoms with Crippen molar-refractivity contribution in [1.29, 1.82) is 0 Å². The van der Waals surface area contributed by atoms with E-state index in [9.17, 15) is 9.59 Å². The molecule has 0 spiro atoms. The summed E-state index contributed by atoms with van der Waals surface area (Å²) in [6, 6.07) is 2.36. The molecule has 0 radical (unpaired) electrons. The number of carboxylic acids is 1. The molecule has 3 N–H and O–H groups in total. The topological polar surface area (TPSA) is 78.4 Å². The van der Waals surface area contributed by atoms with Crippen LogP contribution in [0.1, 0.15) is 25.1 Å². The number of amides is 2. The van der Waals surface area contributed by atoms with Gasteiger partial charge in [0.2, 0.25) is 0 Å². The third-order valence-electron chi connectivity index (χ3n) is 2.80. The lowest BCUT2D eigenvalue weighted by Crippen LogP contribution is -2.48. The lowest BCUT2D eigenvalue weighted by Gasteiger charge is -2.24. The zero-order chi connectivity index (χ0) is 15.2. The van der Waals surface area contributed by atoms with Gasteiger partial charge in [-0.3, -0.25) is 0 Å². The second kappa shape index (κ2) is 6.96. The van der Waals surface area contributed by atoms with Gasteiger partial charge in [-0.2, -0.15) is 0 Å². The number of terminal acetylenes is 1. The highest BCUT2D eigenvalue weighted by Crippen LogP contribution is 2.26. The molecule has 0 aliphatic heterocycles. The second-order valence-electron chi connectivity index (χ2n) is 4.99. The molecule has 1 heterocycles. The SMILES string of the molecule is C#CCC(NC(=O)NCC(C)(C)c1cccs1)C(=O)O. The highest BCUT2D eigenvalue weighted by molar-refractivity contribution is 7.10. The van der Waals surface area contributed by atoms with Gasteiger partial charge in [-0.1, -0.05) is 19.9 Å². The molecule has 2 amide bonds. The van der Waals surface area contributed by atoms with Gasteiger partial charge in [-0.25, -0.2) is 9.59 Å². The van der Waals surface area contributed by atoms with Crippen molar-refractivity contribution in [3.05, 3.63) is 22.4 Å². The minimum absolute atomic E-state index is 0.0446. The van der Waals surface area contributed by atoms with Gasteiger partial charge in [0, 0.05) is 23.3 Å². The first kappa shape index (κ1) is 16.1. The van der Waals surface area contributed by atoms with Gasteiger partial charge in [0.15, 0.2) is 0 Å². The smallest absolute Gasteiger partial charge is 0.327 e. The molecular formula is C14H18N2O3S. The third kappa shape index (κ3) is 4.59. The molecule has 0 saturated carbocycles. The number of carbonyl (C=O) groups excluding carboxylic acids is 1. The van der Waals surface area contributed by atoms with Crippen LogP contribution in [0.5, 0.6) is 0 Å². The standard InChI is InChI=1S/C14H18N2O3S/c1-4-6-10(12(17)18)16-13(19)15-9-14(2,3)11-7-5-8-20-11/h1,5,7-8,10H,6,9H2,2-3H3,(H,17,18)(H2,15,16,19). The van der Waals surface area contributed by atoms with Crippen LogP contribution in [0.15, 0.2) is 17.5 Å². The Morgan fingerprint density at radius 1 is 1.55 bits per heavy atom. The molecule has 0 saturated heterocycles. The summed E-state index contributed by atoms with van der Waals surface area (Å²) < 4.78 is 0. The zero-order valence-corrected chi connectivity index (χ0v) is 12.3. The Bertz CT molecular complexity index is 503. The Balaban J connectivity index is 2.51. The third-order valence-corrected chi connectivity index (χ3v) is 4.04. The van der Waals surface area contributed by atoms with E-state index in [-0.39, 0.29) is 11.8 Å². The van der Waals surface area contributed by atoms with E-state index in [1.807, 2.05) is 31.4 Å². The zero-order valence-electron chi connectivity index (χ0n) is 11.5. The van der Waals surface area contributed by atoms with Crippen molar-refractivity contribution < 1.29 is 14.7 Å². The summed E-state index contributed by atoms with van der Waals surface area (Å²) in [7, 11) is 0. The van der Waals surface area contributed by atoms with Crippen molar-refractivity contribution in [3.63, 3.8) is 0 Å². The predicted octanol–water partition coefficient (Wildman–Crippen LogP) is 1.80. The molecule has 108 valence electrons. The Morgan fingerprint density at radius 2 is 2.25 bits per heavy atom. The first-order chi connectivity index (χ1) is 9.36. The van der Waals surface area contributed by atoms with E-state index in [1.54, 1.807) is 11.3 Å². The highest BCUT2D eigenvalue weighted by atomic mass is 32.1. The number of hydrogen-bond acceptors (Lipinski definition) is 3. The number of urea groups is 1. The Kier molecular flexibility index (Phi) is 5.59. The quantitative estimate of drug-likeness (QED) is 0.700. The van der Waals surface area contributed by atoms with Crippen LogP contribution >= 0.6 is 11.3 Å². The summed E-state index contributed by atoms with van der Waals surface area (Å²) in [6.45, 7) is 4.42. The van der Waals surface area contributed by atoms with Gasteiger partial charge in [0.05, 0.1) is 0 Å². The molecule has 1 rings (SSSR count). The summed E-state index contributed by atoms with van der Waals surface area (Å²) in [4.78, 5) is 23.7. The lowest BCUT2D eigenvalue weighted by molar-refractivity contribution is -0.139. The number of carboxylic acid groups (broad SMARTS) is 1. The van der Waals surface area contributed by atoms with E-state index in [0.717, 1.165) is 4.88 Å². The van der Waals surface area contributed by atoms with Gasteiger partial charge in [0.1, 0.15) is 6.04 Å². The average molecular weight is 294 g/mol. The fourth-order valence-electron chi connectivity index (χ4n) is 1.58. The van der Waals surface area contributed by atoms with E-state index in [2.05, 4.69) is 16.6 Å². The number of nitrogens with one attached hydrogen (secondary N) is 2. The van der Waals surface area contributed by atoms with Gasteiger partial charge >= 0.3 is 12.0 Å². The maximum atomic E-state index is 11.7. The molecule has 0 fully saturated rings. The molecular weight excluding hydrogens is 276 g/mol. The summed E-state index contributed by atoms with van der Waals surface area (Å²) >= 11 is 1.62. The lowest BCUT2D eigenvalue weighted by atomic mass is 9.91. The number of aliphatic carboxylic acids is 1. The van der Waals surface area contributed by atoms with Gasteiger partial charge in [-0.05, 0) is 11.4 Å². The molecule has 0 aliphatic rings. The van der Waals surface area contributed by atoms with E-state index in [1.165, 1.54) is 0 Å². The first-order valence-electron chi connectivity index (χ1n) is 6.11. The van der Waals surface area contributed by atoms with Crippen molar-refractivity contribution >= 4 is 23.3 Å². The van der Waals surface area contributed by atoms with Gasteiger partial charge in [-0.15, -0.1) is 23.7 Å². The fraction of sp³-hybridized carbons (Fsp3) is 0.429. The number of thiophene rings is 1. The molecule has 1 aromatic rings. The van der Waals surface area contributed by atoms with Crippen LogP contribution in [0.3, 0.4) is 0 Å². The van der Waals surface area contributed by atoms with Crippen molar-refractivity contribution in [3.8, 4) is 12.3 Å².